The van der Waals surface area contributed by atoms with Crippen LogP contribution in [-0.2, 0) is 23.0 Å². The predicted octanol–water partition coefficient (Wildman–Crippen LogP) is 1.87. The number of aryl methyl sites for hydroxylation is 1. The predicted molar refractivity (Wildman–Crippen MR) is 82.5 cm³/mol. The van der Waals surface area contributed by atoms with Crippen LogP contribution in [0, 0.1) is 0 Å². The molecule has 1 amide bonds. The van der Waals surface area contributed by atoms with Gasteiger partial charge in [0.1, 0.15) is 5.75 Å². The topological polar surface area (TPSA) is 54.7 Å². The number of ether oxygens (including phenoxy) is 1. The standard InChI is InChI=1S/C17H20N2O3/c1-18-8-2-3-15(18)16-12-22-10-9-19(16)17(21)11-13-4-6-14(20)7-5-13/h2-8,16,20H,9-12H2,1H3. The number of phenolic OH excluding ortho intramolecular Hbond substituents is 1. The Labute approximate surface area is 129 Å². The summed E-state index contributed by atoms with van der Waals surface area (Å²) in [6.45, 7) is 1.70. The number of carbonyl (C=O) groups is 1. The summed E-state index contributed by atoms with van der Waals surface area (Å²) < 4.78 is 7.59. The minimum Gasteiger partial charge on any atom is -0.508 e. The summed E-state index contributed by atoms with van der Waals surface area (Å²) in [5.74, 6) is 0.296. The summed E-state index contributed by atoms with van der Waals surface area (Å²) >= 11 is 0. The van der Waals surface area contributed by atoms with Crippen molar-refractivity contribution in [3.63, 3.8) is 0 Å². The number of aromatic hydroxyl groups is 1. The largest absolute Gasteiger partial charge is 0.508 e. The fourth-order valence-corrected chi connectivity index (χ4v) is 2.86. The van der Waals surface area contributed by atoms with Crippen LogP contribution in [-0.4, -0.2) is 40.2 Å². The van der Waals surface area contributed by atoms with Gasteiger partial charge in [-0.15, -0.1) is 0 Å². The third-order valence-corrected chi connectivity index (χ3v) is 4.07. The quantitative estimate of drug-likeness (QED) is 0.941. The van der Waals surface area contributed by atoms with Crippen molar-refractivity contribution < 1.29 is 14.6 Å². The maximum absolute atomic E-state index is 12.7. The first kappa shape index (κ1) is 14.7. The highest BCUT2D eigenvalue weighted by atomic mass is 16.5. The van der Waals surface area contributed by atoms with Gasteiger partial charge in [0, 0.05) is 25.5 Å². The maximum atomic E-state index is 12.7. The van der Waals surface area contributed by atoms with Crippen LogP contribution in [0.4, 0.5) is 0 Å². The molecule has 1 unspecified atom stereocenters. The monoisotopic (exact) mass is 300 g/mol. The summed E-state index contributed by atoms with van der Waals surface area (Å²) in [5, 5.41) is 9.32. The van der Waals surface area contributed by atoms with Gasteiger partial charge in [0.05, 0.1) is 25.7 Å². The van der Waals surface area contributed by atoms with E-state index < -0.39 is 0 Å². The lowest BCUT2D eigenvalue weighted by molar-refractivity contribution is -0.139. The molecule has 0 radical (unpaired) electrons. The Morgan fingerprint density at radius 1 is 1.32 bits per heavy atom. The van der Waals surface area contributed by atoms with Gasteiger partial charge in [0.25, 0.3) is 0 Å². The molecule has 1 N–H and O–H groups in total. The van der Waals surface area contributed by atoms with E-state index in [1.807, 2.05) is 34.8 Å². The molecule has 1 atom stereocenters. The van der Waals surface area contributed by atoms with Crippen LogP contribution in [0.1, 0.15) is 17.3 Å². The van der Waals surface area contributed by atoms with Gasteiger partial charge in [-0.2, -0.15) is 0 Å². The molecule has 1 aliphatic heterocycles. The van der Waals surface area contributed by atoms with Crippen LogP contribution in [0.2, 0.25) is 0 Å². The van der Waals surface area contributed by atoms with Gasteiger partial charge >= 0.3 is 0 Å². The van der Waals surface area contributed by atoms with E-state index in [1.54, 1.807) is 24.3 Å². The Balaban J connectivity index is 1.77. The van der Waals surface area contributed by atoms with Crippen molar-refractivity contribution in [2.75, 3.05) is 19.8 Å². The molecule has 0 aliphatic carbocycles. The van der Waals surface area contributed by atoms with Gasteiger partial charge in [-0.3, -0.25) is 4.79 Å². The van der Waals surface area contributed by atoms with Crippen molar-refractivity contribution in [2.24, 2.45) is 7.05 Å². The van der Waals surface area contributed by atoms with Crippen LogP contribution in [0.25, 0.3) is 0 Å². The fourth-order valence-electron chi connectivity index (χ4n) is 2.86. The molecule has 2 heterocycles. The second-order valence-electron chi connectivity index (χ2n) is 5.57. The van der Waals surface area contributed by atoms with Gasteiger partial charge in [0.15, 0.2) is 0 Å². The van der Waals surface area contributed by atoms with Gasteiger partial charge in [-0.05, 0) is 29.8 Å². The lowest BCUT2D eigenvalue weighted by atomic mass is 10.1. The molecule has 0 spiro atoms. The number of aromatic nitrogens is 1. The van der Waals surface area contributed by atoms with Crippen molar-refractivity contribution in [3.05, 3.63) is 53.9 Å². The van der Waals surface area contributed by atoms with Gasteiger partial charge in [-0.25, -0.2) is 0 Å². The number of rotatable bonds is 3. The normalized spacial score (nSPS) is 18.4. The molecule has 1 aliphatic rings. The molecule has 116 valence electrons. The van der Waals surface area contributed by atoms with Crippen LogP contribution in [0.3, 0.4) is 0 Å². The van der Waals surface area contributed by atoms with Gasteiger partial charge in [0.2, 0.25) is 5.91 Å². The molecule has 0 bridgehead atoms. The van der Waals surface area contributed by atoms with Crippen LogP contribution < -0.4 is 0 Å². The van der Waals surface area contributed by atoms with Crippen molar-refractivity contribution in [3.8, 4) is 5.75 Å². The Morgan fingerprint density at radius 3 is 2.77 bits per heavy atom. The van der Waals surface area contributed by atoms with E-state index in [0.29, 0.717) is 26.2 Å². The zero-order chi connectivity index (χ0) is 15.5. The number of carbonyl (C=O) groups excluding carboxylic acids is 1. The first-order valence-corrected chi connectivity index (χ1v) is 7.41. The van der Waals surface area contributed by atoms with E-state index in [2.05, 4.69) is 0 Å². The molecular weight excluding hydrogens is 280 g/mol. The number of morpholine rings is 1. The average molecular weight is 300 g/mol. The highest BCUT2D eigenvalue weighted by Gasteiger charge is 2.29. The number of phenols is 1. The molecule has 3 rings (SSSR count). The lowest BCUT2D eigenvalue weighted by Gasteiger charge is -2.36. The van der Waals surface area contributed by atoms with E-state index >= 15 is 0 Å². The minimum atomic E-state index is -0.0432. The lowest BCUT2D eigenvalue weighted by Crippen LogP contribution is -2.44. The second-order valence-corrected chi connectivity index (χ2v) is 5.57. The Hall–Kier alpha value is -2.27. The summed E-state index contributed by atoms with van der Waals surface area (Å²) in [6.07, 6.45) is 2.31. The van der Waals surface area contributed by atoms with Crippen molar-refractivity contribution in [1.29, 1.82) is 0 Å². The number of hydrogen-bond acceptors (Lipinski definition) is 3. The molecule has 0 saturated carbocycles. The molecule has 5 nitrogen and oxygen atoms in total. The van der Waals surface area contributed by atoms with Gasteiger partial charge in [-0.1, -0.05) is 12.1 Å². The van der Waals surface area contributed by atoms with Crippen LogP contribution in [0.5, 0.6) is 5.75 Å². The zero-order valence-corrected chi connectivity index (χ0v) is 12.6. The van der Waals surface area contributed by atoms with E-state index in [9.17, 15) is 9.90 Å². The maximum Gasteiger partial charge on any atom is 0.227 e. The summed E-state index contributed by atoms with van der Waals surface area (Å²) in [6, 6.07) is 10.7. The van der Waals surface area contributed by atoms with Crippen LogP contribution in [0.15, 0.2) is 42.6 Å². The molecule has 1 saturated heterocycles. The molecule has 1 aromatic carbocycles. The highest BCUT2D eigenvalue weighted by Crippen LogP contribution is 2.25. The van der Waals surface area contributed by atoms with Crippen LogP contribution >= 0.6 is 0 Å². The van der Waals surface area contributed by atoms with Gasteiger partial charge < -0.3 is 19.3 Å². The van der Waals surface area contributed by atoms with E-state index in [4.69, 9.17) is 4.74 Å². The van der Waals surface area contributed by atoms with E-state index in [-0.39, 0.29) is 17.7 Å². The third-order valence-electron chi connectivity index (χ3n) is 4.07. The van der Waals surface area contributed by atoms with Crippen molar-refractivity contribution in [1.82, 2.24) is 9.47 Å². The Morgan fingerprint density at radius 2 is 2.09 bits per heavy atom. The molecule has 22 heavy (non-hydrogen) atoms. The molecule has 1 aromatic heterocycles. The van der Waals surface area contributed by atoms with Crippen molar-refractivity contribution in [2.45, 2.75) is 12.5 Å². The number of nitrogens with zero attached hydrogens (tertiary/aromatic N) is 2. The molecule has 5 heteroatoms. The number of benzene rings is 1. The zero-order valence-electron chi connectivity index (χ0n) is 12.6. The first-order valence-electron chi connectivity index (χ1n) is 7.41. The summed E-state index contributed by atoms with van der Waals surface area (Å²) in [7, 11) is 1.98. The summed E-state index contributed by atoms with van der Waals surface area (Å²) in [4.78, 5) is 14.6. The Bertz CT molecular complexity index is 648. The highest BCUT2D eigenvalue weighted by molar-refractivity contribution is 5.79. The fraction of sp³-hybridized carbons (Fsp3) is 0.353. The molecular formula is C17H20N2O3. The van der Waals surface area contributed by atoms with E-state index in [1.165, 1.54) is 0 Å². The SMILES string of the molecule is Cn1cccc1C1COCCN1C(=O)Cc1ccc(O)cc1. The molecule has 2 aromatic rings. The number of amides is 1. The second kappa shape index (κ2) is 6.23. The summed E-state index contributed by atoms with van der Waals surface area (Å²) in [5.41, 5.74) is 1.98. The smallest absolute Gasteiger partial charge is 0.227 e. The van der Waals surface area contributed by atoms with E-state index in [0.717, 1.165) is 11.3 Å². The minimum absolute atomic E-state index is 0.0432. The molecule has 1 fully saturated rings. The number of hydrogen-bond donors (Lipinski definition) is 1. The average Bonchev–Trinajstić information content (AvgIpc) is 2.95. The van der Waals surface area contributed by atoms with Crippen molar-refractivity contribution >= 4 is 5.91 Å². The first-order chi connectivity index (χ1) is 10.6. The third kappa shape index (κ3) is 2.99. The Kier molecular flexibility index (Phi) is 4.15.